The van der Waals surface area contributed by atoms with E-state index in [-0.39, 0.29) is 11.9 Å². The molecule has 68 valence electrons. The van der Waals surface area contributed by atoms with Gasteiger partial charge in [-0.25, -0.2) is 0 Å². The summed E-state index contributed by atoms with van der Waals surface area (Å²) in [4.78, 5) is 14.2. The van der Waals surface area contributed by atoms with Gasteiger partial charge in [-0.1, -0.05) is 0 Å². The van der Waals surface area contributed by atoms with Gasteiger partial charge in [0, 0.05) is 12.5 Å². The fraction of sp³-hybridized carbons (Fsp3) is 0.667. The highest BCUT2D eigenvalue weighted by molar-refractivity contribution is 5.83. The van der Waals surface area contributed by atoms with Crippen molar-refractivity contribution in [1.29, 1.82) is 0 Å². The number of guanidine groups is 1. The number of aliphatic imine (C=N–C) groups is 1. The second kappa shape index (κ2) is 2.63. The lowest BCUT2D eigenvalue weighted by molar-refractivity contribution is -0.140. The van der Waals surface area contributed by atoms with E-state index in [9.17, 15) is 4.79 Å². The average Bonchev–Trinajstić information content (AvgIpc) is 2.59. The minimum Gasteiger partial charge on any atom is -0.480 e. The molecule has 1 aliphatic carbocycles. The summed E-state index contributed by atoms with van der Waals surface area (Å²) < 4.78 is 0. The highest BCUT2D eigenvalue weighted by Crippen LogP contribution is 2.41. The molecule has 7 N–H and O–H groups in total. The zero-order chi connectivity index (χ0) is 9.35. The van der Waals surface area contributed by atoms with Crippen molar-refractivity contribution in [2.24, 2.45) is 28.1 Å². The van der Waals surface area contributed by atoms with E-state index in [2.05, 4.69) is 4.99 Å². The van der Waals surface area contributed by atoms with Gasteiger partial charge in [0.05, 0.1) is 0 Å². The molecule has 0 aromatic carbocycles. The summed E-state index contributed by atoms with van der Waals surface area (Å²) in [5.41, 5.74) is 14.5. The molecule has 0 heterocycles. The highest BCUT2D eigenvalue weighted by Gasteiger charge is 2.57. The lowest BCUT2D eigenvalue weighted by atomic mass is 10.2. The first-order chi connectivity index (χ1) is 5.47. The van der Waals surface area contributed by atoms with Gasteiger partial charge in [0.2, 0.25) is 0 Å². The number of hydrogen-bond acceptors (Lipinski definition) is 3. The van der Waals surface area contributed by atoms with Crippen molar-refractivity contribution in [2.45, 2.75) is 12.0 Å². The fourth-order valence-electron chi connectivity index (χ4n) is 1.05. The van der Waals surface area contributed by atoms with Gasteiger partial charge in [-0.05, 0) is 6.42 Å². The van der Waals surface area contributed by atoms with Gasteiger partial charge in [0.1, 0.15) is 5.54 Å². The zero-order valence-corrected chi connectivity index (χ0v) is 6.53. The summed E-state index contributed by atoms with van der Waals surface area (Å²) in [5, 5.41) is 8.61. The number of aliphatic carboxylic acids is 1. The molecule has 12 heavy (non-hydrogen) atoms. The van der Waals surface area contributed by atoms with Crippen LogP contribution in [0, 0.1) is 5.92 Å². The van der Waals surface area contributed by atoms with E-state index in [0.717, 1.165) is 0 Å². The molecule has 6 heteroatoms. The van der Waals surface area contributed by atoms with Crippen molar-refractivity contribution in [3.05, 3.63) is 0 Å². The van der Waals surface area contributed by atoms with Crippen molar-refractivity contribution in [2.75, 3.05) is 6.54 Å². The molecule has 0 aromatic rings. The number of carboxylic acid groups (broad SMARTS) is 1. The molecule has 2 atom stereocenters. The number of rotatable bonds is 3. The van der Waals surface area contributed by atoms with E-state index in [1.165, 1.54) is 0 Å². The molecule has 0 saturated heterocycles. The Balaban J connectivity index is 2.43. The molecule has 1 rings (SSSR count). The quantitative estimate of drug-likeness (QED) is 0.291. The Labute approximate surface area is 69.4 Å². The van der Waals surface area contributed by atoms with Crippen LogP contribution in [0.15, 0.2) is 4.99 Å². The standard InChI is InChI=1S/C6H12N4O2/c7-5(8)10-2-3-1-6(3,9)4(11)12/h3H,1-2,9H2,(H,11,12)(H4,7,8,10)/t3-,6+/m1/s1. The lowest BCUT2D eigenvalue weighted by Crippen LogP contribution is -2.36. The predicted molar refractivity (Wildman–Crippen MR) is 43.3 cm³/mol. The van der Waals surface area contributed by atoms with Crippen molar-refractivity contribution >= 4 is 11.9 Å². The molecule has 1 fully saturated rings. The molecule has 0 amide bonds. The summed E-state index contributed by atoms with van der Waals surface area (Å²) in [6.45, 7) is 0.297. The Morgan fingerprint density at radius 2 is 2.25 bits per heavy atom. The van der Waals surface area contributed by atoms with E-state index >= 15 is 0 Å². The Bertz CT molecular complexity index is 236. The Kier molecular flexibility index (Phi) is 1.93. The average molecular weight is 172 g/mol. The molecule has 0 bridgehead atoms. The maximum absolute atomic E-state index is 10.5. The molecule has 0 spiro atoms. The smallest absolute Gasteiger partial charge is 0.324 e. The summed E-state index contributed by atoms with van der Waals surface area (Å²) in [6, 6.07) is 0. The van der Waals surface area contributed by atoms with E-state index in [0.29, 0.717) is 13.0 Å². The van der Waals surface area contributed by atoms with Crippen molar-refractivity contribution in [3.8, 4) is 0 Å². The molecule has 0 radical (unpaired) electrons. The SMILES string of the molecule is NC(N)=NC[C@H]1C[C@@]1(N)C(=O)O. The van der Waals surface area contributed by atoms with Gasteiger partial charge in [0.15, 0.2) is 5.96 Å². The molecular formula is C6H12N4O2. The lowest BCUT2D eigenvalue weighted by Gasteiger charge is -2.02. The molecule has 1 saturated carbocycles. The normalized spacial score (nSPS) is 32.6. The van der Waals surface area contributed by atoms with Crippen LogP contribution in [0.1, 0.15) is 6.42 Å². The zero-order valence-electron chi connectivity index (χ0n) is 6.53. The van der Waals surface area contributed by atoms with Crippen LogP contribution < -0.4 is 17.2 Å². The Morgan fingerprint density at radius 3 is 2.58 bits per heavy atom. The topological polar surface area (TPSA) is 128 Å². The van der Waals surface area contributed by atoms with Crippen LogP contribution in [-0.2, 0) is 4.79 Å². The molecule has 0 aliphatic heterocycles. The van der Waals surface area contributed by atoms with Crippen LogP contribution in [0.5, 0.6) is 0 Å². The molecule has 0 aromatic heterocycles. The molecule has 0 unspecified atom stereocenters. The number of nitrogens with zero attached hydrogens (tertiary/aromatic N) is 1. The Hall–Kier alpha value is -1.30. The van der Waals surface area contributed by atoms with Gasteiger partial charge < -0.3 is 22.3 Å². The van der Waals surface area contributed by atoms with E-state index < -0.39 is 11.5 Å². The third kappa shape index (κ3) is 1.48. The number of carbonyl (C=O) groups is 1. The third-order valence-corrected chi connectivity index (χ3v) is 2.04. The first kappa shape index (κ1) is 8.79. The largest absolute Gasteiger partial charge is 0.480 e. The minimum atomic E-state index is -1.10. The van der Waals surface area contributed by atoms with Crippen LogP contribution in [0.25, 0.3) is 0 Å². The van der Waals surface area contributed by atoms with Crippen molar-refractivity contribution < 1.29 is 9.90 Å². The Morgan fingerprint density at radius 1 is 1.67 bits per heavy atom. The second-order valence-corrected chi connectivity index (χ2v) is 3.01. The molecule has 6 nitrogen and oxygen atoms in total. The maximum Gasteiger partial charge on any atom is 0.324 e. The molecular weight excluding hydrogens is 160 g/mol. The van der Waals surface area contributed by atoms with Crippen LogP contribution in [0.3, 0.4) is 0 Å². The van der Waals surface area contributed by atoms with Gasteiger partial charge >= 0.3 is 5.97 Å². The van der Waals surface area contributed by atoms with Crippen LogP contribution in [-0.4, -0.2) is 29.1 Å². The van der Waals surface area contributed by atoms with E-state index in [1.54, 1.807) is 0 Å². The number of nitrogens with two attached hydrogens (primary N) is 3. The molecule has 1 aliphatic rings. The summed E-state index contributed by atoms with van der Waals surface area (Å²) in [6.07, 6.45) is 0.444. The monoisotopic (exact) mass is 172 g/mol. The summed E-state index contributed by atoms with van der Waals surface area (Å²) >= 11 is 0. The predicted octanol–water partition coefficient (Wildman–Crippen LogP) is -1.94. The van der Waals surface area contributed by atoms with Gasteiger partial charge in [-0.2, -0.15) is 0 Å². The summed E-state index contributed by atoms with van der Waals surface area (Å²) in [5.74, 6) is -1.15. The van der Waals surface area contributed by atoms with Crippen molar-refractivity contribution in [1.82, 2.24) is 0 Å². The van der Waals surface area contributed by atoms with Crippen LogP contribution in [0.2, 0.25) is 0 Å². The highest BCUT2D eigenvalue weighted by atomic mass is 16.4. The third-order valence-electron chi connectivity index (χ3n) is 2.04. The first-order valence-electron chi connectivity index (χ1n) is 3.54. The van der Waals surface area contributed by atoms with E-state index in [4.69, 9.17) is 22.3 Å². The minimum absolute atomic E-state index is 0.0327. The maximum atomic E-state index is 10.5. The van der Waals surface area contributed by atoms with E-state index in [1.807, 2.05) is 0 Å². The van der Waals surface area contributed by atoms with Crippen LogP contribution >= 0.6 is 0 Å². The van der Waals surface area contributed by atoms with Gasteiger partial charge in [-0.3, -0.25) is 9.79 Å². The summed E-state index contributed by atoms with van der Waals surface area (Å²) in [7, 11) is 0. The second-order valence-electron chi connectivity index (χ2n) is 3.01. The van der Waals surface area contributed by atoms with Crippen molar-refractivity contribution in [3.63, 3.8) is 0 Å². The number of carboxylic acids is 1. The van der Waals surface area contributed by atoms with Crippen LogP contribution in [0.4, 0.5) is 0 Å². The number of hydrogen-bond donors (Lipinski definition) is 4. The fourth-order valence-corrected chi connectivity index (χ4v) is 1.05. The first-order valence-corrected chi connectivity index (χ1v) is 3.54. The van der Waals surface area contributed by atoms with Gasteiger partial charge in [0.25, 0.3) is 0 Å². The van der Waals surface area contributed by atoms with Gasteiger partial charge in [-0.15, -0.1) is 0 Å².